The Labute approximate surface area is 184 Å². The predicted octanol–water partition coefficient (Wildman–Crippen LogP) is 1.93. The van der Waals surface area contributed by atoms with Crippen molar-refractivity contribution in [3.63, 3.8) is 0 Å². The Kier molecular flexibility index (Phi) is 8.87. The molecule has 1 fully saturated rings. The number of carbonyl (C=O) groups is 1. The molecule has 170 valence electrons. The normalized spacial score (nSPS) is 16.2. The van der Waals surface area contributed by atoms with Crippen LogP contribution < -0.4 is 10.1 Å². The molecule has 1 aromatic heterocycles. The molecule has 1 saturated heterocycles. The van der Waals surface area contributed by atoms with E-state index >= 15 is 0 Å². The molecular formula is C23H34N4O4. The number of rotatable bonds is 11. The Morgan fingerprint density at radius 2 is 2.00 bits per heavy atom. The molecule has 8 heteroatoms. The fourth-order valence-electron chi connectivity index (χ4n) is 3.84. The lowest BCUT2D eigenvalue weighted by molar-refractivity contribution is 0.0634. The fourth-order valence-corrected chi connectivity index (χ4v) is 3.84. The van der Waals surface area contributed by atoms with Gasteiger partial charge in [0.15, 0.2) is 5.69 Å². The molecule has 1 atom stereocenters. The average Bonchev–Trinajstić information content (AvgIpc) is 3.24. The zero-order valence-electron chi connectivity index (χ0n) is 18.5. The van der Waals surface area contributed by atoms with Gasteiger partial charge in [-0.05, 0) is 24.5 Å². The molecule has 1 amide bonds. The third-order valence-corrected chi connectivity index (χ3v) is 5.57. The zero-order valence-corrected chi connectivity index (χ0v) is 18.5. The first kappa shape index (κ1) is 23.2. The minimum absolute atomic E-state index is 0.236. The third kappa shape index (κ3) is 7.05. The molecule has 8 nitrogen and oxygen atoms in total. The van der Waals surface area contributed by atoms with Crippen molar-refractivity contribution in [1.29, 1.82) is 0 Å². The quantitative estimate of drug-likeness (QED) is 0.563. The summed E-state index contributed by atoms with van der Waals surface area (Å²) in [4.78, 5) is 21.3. The van der Waals surface area contributed by atoms with Crippen molar-refractivity contribution < 1.29 is 19.1 Å². The first-order chi connectivity index (χ1) is 15.1. The number of methoxy groups -OCH3 is 1. The molecule has 1 aromatic carbocycles. The van der Waals surface area contributed by atoms with E-state index in [4.69, 9.17) is 9.15 Å². The van der Waals surface area contributed by atoms with Gasteiger partial charge in [0.25, 0.3) is 5.91 Å². The number of piperazine rings is 1. The molecule has 2 N–H and O–H groups in total. The number of nitrogens with one attached hydrogen (secondary N) is 1. The molecular weight excluding hydrogens is 396 g/mol. The van der Waals surface area contributed by atoms with Gasteiger partial charge in [0.2, 0.25) is 5.89 Å². The second-order valence-electron chi connectivity index (χ2n) is 7.96. The van der Waals surface area contributed by atoms with E-state index in [1.54, 1.807) is 7.11 Å². The van der Waals surface area contributed by atoms with Crippen molar-refractivity contribution in [2.24, 2.45) is 0 Å². The Morgan fingerprint density at radius 1 is 1.26 bits per heavy atom. The monoisotopic (exact) mass is 430 g/mol. The number of ether oxygens (including phenoxy) is 1. The number of aromatic nitrogens is 1. The van der Waals surface area contributed by atoms with Crippen LogP contribution in [-0.4, -0.2) is 78.3 Å². The minimum Gasteiger partial charge on any atom is -0.496 e. The van der Waals surface area contributed by atoms with Gasteiger partial charge >= 0.3 is 0 Å². The number of nitrogens with zero attached hydrogens (tertiary/aromatic N) is 3. The smallest absolute Gasteiger partial charge is 0.273 e. The maximum absolute atomic E-state index is 12.4. The summed E-state index contributed by atoms with van der Waals surface area (Å²) in [6.07, 6.45) is 3.71. The fraction of sp³-hybridized carbons (Fsp3) is 0.565. The molecule has 31 heavy (non-hydrogen) atoms. The zero-order chi connectivity index (χ0) is 22.1. The molecule has 1 aliphatic heterocycles. The number of amides is 1. The van der Waals surface area contributed by atoms with E-state index < -0.39 is 0 Å². The number of benzene rings is 1. The summed E-state index contributed by atoms with van der Waals surface area (Å²) in [6, 6.07) is 7.78. The third-order valence-electron chi connectivity index (χ3n) is 5.57. The maximum Gasteiger partial charge on any atom is 0.273 e. The highest BCUT2D eigenvalue weighted by Gasteiger charge is 2.21. The number of oxazole rings is 1. The van der Waals surface area contributed by atoms with E-state index in [1.807, 2.05) is 24.3 Å². The number of para-hydroxylation sites is 1. The molecule has 2 heterocycles. The number of hydrogen-bond acceptors (Lipinski definition) is 7. The van der Waals surface area contributed by atoms with Crippen LogP contribution in [0.5, 0.6) is 5.75 Å². The van der Waals surface area contributed by atoms with Gasteiger partial charge in [-0.15, -0.1) is 0 Å². The van der Waals surface area contributed by atoms with E-state index in [1.165, 1.54) is 6.26 Å². The van der Waals surface area contributed by atoms with E-state index in [9.17, 15) is 9.90 Å². The molecule has 3 rings (SSSR count). The second kappa shape index (κ2) is 11.8. The molecule has 1 aliphatic rings. The molecule has 0 radical (unpaired) electrons. The van der Waals surface area contributed by atoms with Crippen molar-refractivity contribution >= 4 is 5.91 Å². The standard InChI is InChI=1S/C23H34N4O4/c1-3-6-19(28)15-26-11-13-27(14-12-26)16-22-25-20(17-31-22)23(29)24-10-9-18-7-4-5-8-21(18)30-2/h4-5,7-8,17,19,28H,3,6,9-16H2,1-2H3,(H,24,29). The van der Waals surface area contributed by atoms with E-state index in [2.05, 4.69) is 27.0 Å². The van der Waals surface area contributed by atoms with Crippen LogP contribution in [0.3, 0.4) is 0 Å². The van der Waals surface area contributed by atoms with Gasteiger partial charge in [0, 0.05) is 39.3 Å². The first-order valence-electron chi connectivity index (χ1n) is 11.1. The van der Waals surface area contributed by atoms with E-state index in [0.717, 1.165) is 56.9 Å². The van der Waals surface area contributed by atoms with Crippen LogP contribution in [0.1, 0.15) is 41.7 Å². The molecule has 0 bridgehead atoms. The Hall–Kier alpha value is -2.42. The van der Waals surface area contributed by atoms with Crippen molar-refractivity contribution in [2.75, 3.05) is 46.4 Å². The van der Waals surface area contributed by atoms with Crippen molar-refractivity contribution in [2.45, 2.75) is 38.8 Å². The van der Waals surface area contributed by atoms with Crippen LogP contribution in [0.15, 0.2) is 34.9 Å². The topological polar surface area (TPSA) is 91.1 Å². The first-order valence-corrected chi connectivity index (χ1v) is 11.1. The summed E-state index contributed by atoms with van der Waals surface area (Å²) in [7, 11) is 1.64. The number of aliphatic hydroxyl groups is 1. The maximum atomic E-state index is 12.4. The number of β-amino-alcohol motifs (C(OH)–C–C–N with tert-alkyl or cyclic N) is 1. The molecule has 0 aliphatic carbocycles. The average molecular weight is 431 g/mol. The Balaban J connectivity index is 1.40. The van der Waals surface area contributed by atoms with Gasteiger partial charge in [-0.1, -0.05) is 31.5 Å². The van der Waals surface area contributed by atoms with E-state index in [0.29, 0.717) is 31.1 Å². The van der Waals surface area contributed by atoms with Crippen LogP contribution in [0.25, 0.3) is 0 Å². The lowest BCUT2D eigenvalue weighted by Crippen LogP contribution is -2.48. The highest BCUT2D eigenvalue weighted by atomic mass is 16.5. The summed E-state index contributed by atoms with van der Waals surface area (Å²) in [6.45, 7) is 7.51. The summed E-state index contributed by atoms with van der Waals surface area (Å²) in [5.41, 5.74) is 1.35. The number of carbonyl (C=O) groups excluding carboxylic acids is 1. The summed E-state index contributed by atoms with van der Waals surface area (Å²) >= 11 is 0. The van der Waals surface area contributed by atoms with Crippen molar-refractivity contribution in [1.82, 2.24) is 20.1 Å². The van der Waals surface area contributed by atoms with Gasteiger partial charge in [0.1, 0.15) is 12.0 Å². The molecule has 2 aromatic rings. The van der Waals surface area contributed by atoms with Crippen molar-refractivity contribution in [3.8, 4) is 5.75 Å². The van der Waals surface area contributed by atoms with Gasteiger partial charge in [-0.2, -0.15) is 0 Å². The van der Waals surface area contributed by atoms with Crippen LogP contribution in [0, 0.1) is 0 Å². The Morgan fingerprint density at radius 3 is 2.74 bits per heavy atom. The van der Waals surface area contributed by atoms with Gasteiger partial charge in [-0.3, -0.25) is 14.6 Å². The summed E-state index contributed by atoms with van der Waals surface area (Å²) in [5, 5.41) is 12.9. The summed E-state index contributed by atoms with van der Waals surface area (Å²) < 4.78 is 10.9. The van der Waals surface area contributed by atoms with E-state index in [-0.39, 0.29) is 12.0 Å². The Bertz CT molecular complexity index is 817. The number of hydrogen-bond donors (Lipinski definition) is 2. The largest absolute Gasteiger partial charge is 0.496 e. The minimum atomic E-state index is -0.243. The lowest BCUT2D eigenvalue weighted by atomic mass is 10.1. The highest BCUT2D eigenvalue weighted by molar-refractivity contribution is 5.91. The lowest BCUT2D eigenvalue weighted by Gasteiger charge is -2.34. The number of aliphatic hydroxyl groups excluding tert-OH is 1. The molecule has 0 spiro atoms. The SMILES string of the molecule is CCCC(O)CN1CCN(Cc2nc(C(=O)NCCc3ccccc3OC)co2)CC1. The molecule has 1 unspecified atom stereocenters. The molecule has 0 saturated carbocycles. The van der Waals surface area contributed by atoms with Crippen molar-refractivity contribution in [3.05, 3.63) is 47.7 Å². The summed E-state index contributed by atoms with van der Waals surface area (Å²) in [5.74, 6) is 1.13. The van der Waals surface area contributed by atoms with Crippen LogP contribution >= 0.6 is 0 Å². The second-order valence-corrected chi connectivity index (χ2v) is 7.96. The van der Waals surface area contributed by atoms with Gasteiger partial charge < -0.3 is 19.6 Å². The van der Waals surface area contributed by atoms with Gasteiger partial charge in [-0.25, -0.2) is 4.98 Å². The highest BCUT2D eigenvalue weighted by Crippen LogP contribution is 2.17. The predicted molar refractivity (Wildman–Crippen MR) is 118 cm³/mol. The van der Waals surface area contributed by atoms with Crippen LogP contribution in [-0.2, 0) is 13.0 Å². The van der Waals surface area contributed by atoms with Gasteiger partial charge in [0.05, 0.1) is 19.8 Å². The van der Waals surface area contributed by atoms with Crippen LogP contribution in [0.4, 0.5) is 0 Å². The van der Waals surface area contributed by atoms with Crippen LogP contribution in [0.2, 0.25) is 0 Å².